The second-order valence-corrected chi connectivity index (χ2v) is 4.45. The SMILES string of the molecule is COCCN(CC(=O)O)C(C)c1ccccc1OC(F)F. The average Bonchev–Trinajstić information content (AvgIpc) is 2.42. The van der Waals surface area contributed by atoms with Gasteiger partial charge in [0.25, 0.3) is 0 Å². The molecule has 0 saturated heterocycles. The zero-order valence-corrected chi connectivity index (χ0v) is 12.0. The van der Waals surface area contributed by atoms with Crippen molar-refractivity contribution in [3.63, 3.8) is 0 Å². The molecular weight excluding hydrogens is 284 g/mol. The molecule has 1 aromatic rings. The minimum absolute atomic E-state index is 0.0489. The number of hydrogen-bond acceptors (Lipinski definition) is 4. The smallest absolute Gasteiger partial charge is 0.387 e. The predicted octanol–water partition coefficient (Wildman–Crippen LogP) is 2.38. The summed E-state index contributed by atoms with van der Waals surface area (Å²) in [4.78, 5) is 12.6. The normalized spacial score (nSPS) is 12.7. The number of carboxylic acids is 1. The van der Waals surface area contributed by atoms with Gasteiger partial charge >= 0.3 is 12.6 Å². The fraction of sp³-hybridized carbons (Fsp3) is 0.500. The van der Waals surface area contributed by atoms with Gasteiger partial charge in [-0.15, -0.1) is 0 Å². The van der Waals surface area contributed by atoms with Crippen LogP contribution in [0.5, 0.6) is 5.75 Å². The standard InChI is InChI=1S/C14H19F2NO4/c1-10(17(7-8-20-2)9-13(18)19)11-5-3-4-6-12(11)21-14(15)16/h3-6,10,14H,7-9H2,1-2H3,(H,18,19). The molecule has 118 valence electrons. The van der Waals surface area contributed by atoms with Crippen LogP contribution in [0.4, 0.5) is 8.78 Å². The van der Waals surface area contributed by atoms with Gasteiger partial charge in [0.15, 0.2) is 0 Å². The fourth-order valence-electron chi connectivity index (χ4n) is 2.02. The summed E-state index contributed by atoms with van der Waals surface area (Å²) in [5.41, 5.74) is 0.509. The quantitative estimate of drug-likeness (QED) is 0.759. The molecule has 0 fully saturated rings. The summed E-state index contributed by atoms with van der Waals surface area (Å²) in [7, 11) is 1.51. The van der Waals surface area contributed by atoms with Crippen molar-refractivity contribution >= 4 is 5.97 Å². The topological polar surface area (TPSA) is 59.0 Å². The van der Waals surface area contributed by atoms with Crippen LogP contribution in [0.15, 0.2) is 24.3 Å². The number of hydrogen-bond donors (Lipinski definition) is 1. The predicted molar refractivity (Wildman–Crippen MR) is 72.6 cm³/mol. The van der Waals surface area contributed by atoms with Crippen LogP contribution in [0.3, 0.4) is 0 Å². The summed E-state index contributed by atoms with van der Waals surface area (Å²) in [5, 5.41) is 8.96. The number of nitrogens with zero attached hydrogens (tertiary/aromatic N) is 1. The maximum atomic E-state index is 12.4. The Hall–Kier alpha value is -1.73. The Morgan fingerprint density at radius 3 is 2.62 bits per heavy atom. The Morgan fingerprint density at radius 1 is 1.38 bits per heavy atom. The molecule has 0 aliphatic heterocycles. The van der Waals surface area contributed by atoms with Crippen LogP contribution in [0.25, 0.3) is 0 Å². The average molecular weight is 303 g/mol. The molecule has 0 saturated carbocycles. The van der Waals surface area contributed by atoms with Gasteiger partial charge in [-0.05, 0) is 13.0 Å². The van der Waals surface area contributed by atoms with Crippen LogP contribution in [-0.2, 0) is 9.53 Å². The number of para-hydroxylation sites is 1. The van der Waals surface area contributed by atoms with Crippen molar-refractivity contribution in [1.82, 2.24) is 4.90 Å². The molecule has 0 radical (unpaired) electrons. The summed E-state index contributed by atoms with van der Waals surface area (Å²) in [6, 6.07) is 5.97. The zero-order chi connectivity index (χ0) is 15.8. The number of benzene rings is 1. The Kier molecular flexibility index (Phi) is 7.04. The van der Waals surface area contributed by atoms with Crippen LogP contribution in [-0.4, -0.2) is 49.4 Å². The third kappa shape index (κ3) is 5.65. The second kappa shape index (κ2) is 8.53. The van der Waals surface area contributed by atoms with E-state index in [1.165, 1.54) is 13.2 Å². The van der Waals surface area contributed by atoms with Crippen molar-refractivity contribution in [1.29, 1.82) is 0 Å². The molecular formula is C14H19F2NO4. The first-order chi connectivity index (χ1) is 9.95. The van der Waals surface area contributed by atoms with E-state index in [0.29, 0.717) is 18.7 Å². The fourth-order valence-corrected chi connectivity index (χ4v) is 2.02. The van der Waals surface area contributed by atoms with Crippen molar-refractivity contribution in [2.45, 2.75) is 19.6 Å². The number of methoxy groups -OCH3 is 1. The van der Waals surface area contributed by atoms with Gasteiger partial charge in [0.1, 0.15) is 5.75 Å². The molecule has 1 N–H and O–H groups in total. The van der Waals surface area contributed by atoms with E-state index < -0.39 is 18.6 Å². The van der Waals surface area contributed by atoms with Crippen molar-refractivity contribution in [2.24, 2.45) is 0 Å². The highest BCUT2D eigenvalue weighted by Gasteiger charge is 2.22. The van der Waals surface area contributed by atoms with Crippen molar-refractivity contribution in [3.8, 4) is 5.75 Å². The molecule has 0 aliphatic carbocycles. The summed E-state index contributed by atoms with van der Waals surface area (Å²) in [5.74, 6) is -0.946. The molecule has 0 amide bonds. The third-order valence-corrected chi connectivity index (χ3v) is 3.05. The Bertz CT molecular complexity index is 456. The van der Waals surface area contributed by atoms with Gasteiger partial charge in [-0.25, -0.2) is 0 Å². The van der Waals surface area contributed by atoms with E-state index in [9.17, 15) is 13.6 Å². The van der Waals surface area contributed by atoms with Gasteiger partial charge < -0.3 is 14.6 Å². The van der Waals surface area contributed by atoms with Crippen molar-refractivity contribution < 1.29 is 28.2 Å². The lowest BCUT2D eigenvalue weighted by Gasteiger charge is -2.28. The molecule has 21 heavy (non-hydrogen) atoms. The van der Waals surface area contributed by atoms with E-state index in [0.717, 1.165) is 0 Å². The van der Waals surface area contributed by atoms with Crippen LogP contribution >= 0.6 is 0 Å². The molecule has 1 aromatic carbocycles. The van der Waals surface area contributed by atoms with E-state index >= 15 is 0 Å². The third-order valence-electron chi connectivity index (χ3n) is 3.05. The molecule has 7 heteroatoms. The first-order valence-electron chi connectivity index (χ1n) is 6.44. The van der Waals surface area contributed by atoms with Crippen LogP contribution in [0, 0.1) is 0 Å². The largest absolute Gasteiger partial charge is 0.480 e. The molecule has 1 atom stereocenters. The number of halogens is 2. The molecule has 0 spiro atoms. The maximum Gasteiger partial charge on any atom is 0.387 e. The second-order valence-electron chi connectivity index (χ2n) is 4.45. The summed E-state index contributed by atoms with van der Waals surface area (Å²) >= 11 is 0. The first kappa shape index (κ1) is 17.3. The van der Waals surface area contributed by atoms with Crippen LogP contribution < -0.4 is 4.74 Å². The van der Waals surface area contributed by atoms with Gasteiger partial charge in [-0.3, -0.25) is 9.69 Å². The van der Waals surface area contributed by atoms with E-state index in [4.69, 9.17) is 9.84 Å². The zero-order valence-electron chi connectivity index (χ0n) is 12.0. The molecule has 0 aromatic heterocycles. The highest BCUT2D eigenvalue weighted by molar-refractivity contribution is 5.69. The van der Waals surface area contributed by atoms with Gasteiger partial charge in [0, 0.05) is 25.3 Å². The lowest BCUT2D eigenvalue weighted by molar-refractivity contribution is -0.139. The molecule has 0 heterocycles. The Balaban J connectivity index is 2.95. The molecule has 1 unspecified atom stereocenters. The van der Waals surface area contributed by atoms with E-state index in [2.05, 4.69) is 4.74 Å². The highest BCUT2D eigenvalue weighted by Crippen LogP contribution is 2.29. The van der Waals surface area contributed by atoms with E-state index in [1.807, 2.05) is 0 Å². The van der Waals surface area contributed by atoms with E-state index in [1.54, 1.807) is 30.0 Å². The van der Waals surface area contributed by atoms with Crippen molar-refractivity contribution in [2.75, 3.05) is 26.8 Å². The van der Waals surface area contributed by atoms with Gasteiger partial charge in [0.2, 0.25) is 0 Å². The van der Waals surface area contributed by atoms with Crippen LogP contribution in [0.2, 0.25) is 0 Å². The van der Waals surface area contributed by atoms with Crippen LogP contribution in [0.1, 0.15) is 18.5 Å². The molecule has 0 bridgehead atoms. The van der Waals surface area contributed by atoms with Crippen molar-refractivity contribution in [3.05, 3.63) is 29.8 Å². The summed E-state index contributed by atoms with van der Waals surface area (Å²) in [6.45, 7) is -0.687. The number of rotatable bonds is 9. The Labute approximate surface area is 122 Å². The molecule has 5 nitrogen and oxygen atoms in total. The minimum Gasteiger partial charge on any atom is -0.480 e. The van der Waals surface area contributed by atoms with Gasteiger partial charge in [0.05, 0.1) is 13.2 Å². The number of alkyl halides is 2. The summed E-state index contributed by atoms with van der Waals surface area (Å²) < 4.78 is 34.3. The first-order valence-corrected chi connectivity index (χ1v) is 6.44. The monoisotopic (exact) mass is 303 g/mol. The highest BCUT2D eigenvalue weighted by atomic mass is 19.3. The number of carboxylic acid groups (broad SMARTS) is 1. The van der Waals surface area contributed by atoms with Gasteiger partial charge in [-0.1, -0.05) is 18.2 Å². The molecule has 0 aliphatic rings. The maximum absolute atomic E-state index is 12.4. The Morgan fingerprint density at radius 2 is 2.05 bits per heavy atom. The number of ether oxygens (including phenoxy) is 2. The lowest BCUT2D eigenvalue weighted by Crippen LogP contribution is -2.35. The van der Waals surface area contributed by atoms with Gasteiger partial charge in [-0.2, -0.15) is 8.78 Å². The molecule has 1 rings (SSSR count). The number of aliphatic carboxylic acids is 1. The minimum atomic E-state index is -2.93. The lowest BCUT2D eigenvalue weighted by atomic mass is 10.1. The summed E-state index contributed by atoms with van der Waals surface area (Å²) in [6.07, 6.45) is 0. The van der Waals surface area contributed by atoms with E-state index in [-0.39, 0.29) is 12.3 Å². The number of carbonyl (C=O) groups is 1.